The largest absolute Gasteiger partial charge is 0.464 e. The summed E-state index contributed by atoms with van der Waals surface area (Å²) in [6, 6.07) is 2.81. The van der Waals surface area contributed by atoms with Crippen LogP contribution in [0.4, 0.5) is 8.78 Å². The lowest BCUT2D eigenvalue weighted by molar-refractivity contribution is 0.533. The highest BCUT2D eigenvalue weighted by Gasteiger charge is 2.25. The molecule has 16 heavy (non-hydrogen) atoms. The molecule has 1 aliphatic heterocycles. The molecular weight excluding hydrogens is 212 g/mol. The highest BCUT2D eigenvalue weighted by Crippen LogP contribution is 2.32. The van der Waals surface area contributed by atoms with E-state index in [1.54, 1.807) is 0 Å². The van der Waals surface area contributed by atoms with Crippen molar-refractivity contribution in [1.29, 1.82) is 0 Å². The van der Waals surface area contributed by atoms with E-state index in [-0.39, 0.29) is 17.1 Å². The van der Waals surface area contributed by atoms with E-state index in [2.05, 4.69) is 5.32 Å². The number of rotatable bonds is 1. The molecule has 2 nitrogen and oxygen atoms in total. The van der Waals surface area contributed by atoms with E-state index in [9.17, 15) is 8.78 Å². The van der Waals surface area contributed by atoms with Crippen molar-refractivity contribution in [2.75, 3.05) is 13.1 Å². The fourth-order valence-corrected chi connectivity index (χ4v) is 2.33. The number of halogens is 2. The highest BCUT2D eigenvalue weighted by atomic mass is 19.1. The second-order valence-corrected chi connectivity index (χ2v) is 4.11. The Bertz CT molecular complexity index is 529. The molecule has 0 radical (unpaired) electrons. The monoisotopic (exact) mass is 223 g/mol. The van der Waals surface area contributed by atoms with Crippen LogP contribution in [0.3, 0.4) is 0 Å². The van der Waals surface area contributed by atoms with Crippen LogP contribution >= 0.6 is 0 Å². The molecule has 1 aromatic carbocycles. The number of benzene rings is 1. The molecule has 0 saturated carbocycles. The Morgan fingerprint density at radius 2 is 2.25 bits per heavy atom. The van der Waals surface area contributed by atoms with Crippen LogP contribution in [0.15, 0.2) is 22.8 Å². The maximum absolute atomic E-state index is 14.1. The summed E-state index contributed by atoms with van der Waals surface area (Å²) in [6.07, 6.45) is 2.15. The van der Waals surface area contributed by atoms with Gasteiger partial charge in [0.25, 0.3) is 0 Å². The Kier molecular flexibility index (Phi) is 2.17. The Hall–Kier alpha value is -1.42. The van der Waals surface area contributed by atoms with Gasteiger partial charge in [-0.2, -0.15) is 0 Å². The van der Waals surface area contributed by atoms with E-state index in [1.165, 1.54) is 18.4 Å². The molecule has 4 heteroatoms. The minimum absolute atomic E-state index is 0.0701. The maximum Gasteiger partial charge on any atom is 0.140 e. The molecule has 3 rings (SSSR count). The van der Waals surface area contributed by atoms with Crippen LogP contribution in [0, 0.1) is 11.6 Å². The van der Waals surface area contributed by atoms with Crippen LogP contribution in [0.25, 0.3) is 11.0 Å². The molecule has 1 aromatic heterocycles. The Morgan fingerprint density at radius 1 is 1.38 bits per heavy atom. The molecule has 1 unspecified atom stereocenters. The van der Waals surface area contributed by atoms with Gasteiger partial charge >= 0.3 is 0 Å². The van der Waals surface area contributed by atoms with E-state index < -0.39 is 11.6 Å². The Morgan fingerprint density at radius 3 is 3.00 bits per heavy atom. The molecule has 2 heterocycles. The Labute approximate surface area is 91.2 Å². The summed E-state index contributed by atoms with van der Waals surface area (Å²) in [5.74, 6) is -1.05. The minimum Gasteiger partial charge on any atom is -0.464 e. The lowest BCUT2D eigenvalue weighted by Crippen LogP contribution is -2.10. The predicted octanol–water partition coefficient (Wildman–Crippen LogP) is 2.79. The zero-order chi connectivity index (χ0) is 11.1. The summed E-state index contributed by atoms with van der Waals surface area (Å²) in [5.41, 5.74) is 0.462. The van der Waals surface area contributed by atoms with Crippen LogP contribution in [-0.2, 0) is 0 Å². The van der Waals surface area contributed by atoms with Gasteiger partial charge in [-0.15, -0.1) is 0 Å². The van der Waals surface area contributed by atoms with Gasteiger partial charge in [0.15, 0.2) is 0 Å². The number of fused-ring (bicyclic) bond motifs is 1. The van der Waals surface area contributed by atoms with Gasteiger partial charge in [-0.25, -0.2) is 8.78 Å². The van der Waals surface area contributed by atoms with E-state index >= 15 is 0 Å². The highest BCUT2D eigenvalue weighted by molar-refractivity contribution is 5.79. The molecule has 2 aromatic rings. The third kappa shape index (κ3) is 1.33. The summed E-state index contributed by atoms with van der Waals surface area (Å²) >= 11 is 0. The molecule has 1 aliphatic rings. The van der Waals surface area contributed by atoms with Gasteiger partial charge in [0.1, 0.15) is 17.2 Å². The van der Waals surface area contributed by atoms with E-state index in [1.807, 2.05) is 0 Å². The number of furan rings is 1. The first kappa shape index (κ1) is 9.78. The molecule has 1 N–H and O–H groups in total. The lowest BCUT2D eigenvalue weighted by Gasteiger charge is -2.11. The van der Waals surface area contributed by atoms with E-state index in [0.717, 1.165) is 13.0 Å². The molecular formula is C12H11F2NO. The van der Waals surface area contributed by atoms with Crippen LogP contribution in [0.2, 0.25) is 0 Å². The molecule has 1 atom stereocenters. The fraction of sp³-hybridized carbons (Fsp3) is 0.333. The summed E-state index contributed by atoms with van der Waals surface area (Å²) < 4.78 is 32.9. The van der Waals surface area contributed by atoms with Crippen molar-refractivity contribution in [2.24, 2.45) is 0 Å². The van der Waals surface area contributed by atoms with Gasteiger partial charge in [-0.3, -0.25) is 0 Å². The third-order valence-corrected chi connectivity index (χ3v) is 3.15. The molecule has 1 fully saturated rings. The topological polar surface area (TPSA) is 25.2 Å². The third-order valence-electron chi connectivity index (χ3n) is 3.15. The normalized spacial score (nSPS) is 20.8. The van der Waals surface area contributed by atoms with Crippen LogP contribution in [-0.4, -0.2) is 13.1 Å². The molecule has 84 valence electrons. The summed E-state index contributed by atoms with van der Waals surface area (Å²) in [6.45, 7) is 1.45. The van der Waals surface area contributed by atoms with Gasteiger partial charge in [-0.05, 0) is 19.0 Å². The second kappa shape index (κ2) is 3.56. The van der Waals surface area contributed by atoms with Crippen molar-refractivity contribution in [3.8, 4) is 0 Å². The summed E-state index contributed by atoms with van der Waals surface area (Å²) in [5, 5.41) is 3.47. The average molecular weight is 223 g/mol. The first-order chi connectivity index (χ1) is 7.77. The quantitative estimate of drug-likeness (QED) is 0.804. The fourth-order valence-electron chi connectivity index (χ4n) is 2.33. The number of hydrogen-bond acceptors (Lipinski definition) is 2. The summed E-state index contributed by atoms with van der Waals surface area (Å²) in [4.78, 5) is 0. The lowest BCUT2D eigenvalue weighted by atomic mass is 9.96. The standard InChI is InChI=1S/C12H11F2NO/c13-9-5-10-8(2-4-16-10)12(14)11(9)7-1-3-15-6-7/h2,4-5,7,15H,1,3,6H2. The first-order valence-corrected chi connectivity index (χ1v) is 5.33. The van der Waals surface area contributed by atoms with Crippen molar-refractivity contribution in [3.63, 3.8) is 0 Å². The van der Waals surface area contributed by atoms with Crippen LogP contribution in [0.5, 0.6) is 0 Å². The smallest absolute Gasteiger partial charge is 0.140 e. The predicted molar refractivity (Wildman–Crippen MR) is 56.4 cm³/mol. The van der Waals surface area contributed by atoms with Crippen molar-refractivity contribution >= 4 is 11.0 Å². The zero-order valence-electron chi connectivity index (χ0n) is 8.59. The number of nitrogens with one attached hydrogen (secondary N) is 1. The molecule has 1 saturated heterocycles. The number of hydrogen-bond donors (Lipinski definition) is 1. The van der Waals surface area contributed by atoms with Gasteiger partial charge < -0.3 is 9.73 Å². The van der Waals surface area contributed by atoms with Crippen molar-refractivity contribution in [3.05, 3.63) is 35.6 Å². The zero-order valence-corrected chi connectivity index (χ0v) is 8.59. The SMILES string of the molecule is Fc1cc2occc2c(F)c1C1CCNC1. The van der Waals surface area contributed by atoms with Crippen molar-refractivity contribution in [2.45, 2.75) is 12.3 Å². The van der Waals surface area contributed by atoms with Gasteiger partial charge in [-0.1, -0.05) is 0 Å². The molecule has 0 aliphatic carbocycles. The van der Waals surface area contributed by atoms with E-state index in [4.69, 9.17) is 4.42 Å². The van der Waals surface area contributed by atoms with Crippen molar-refractivity contribution in [1.82, 2.24) is 5.32 Å². The molecule has 0 amide bonds. The molecule has 0 spiro atoms. The van der Waals surface area contributed by atoms with Gasteiger partial charge in [0.2, 0.25) is 0 Å². The van der Waals surface area contributed by atoms with Crippen LogP contribution in [0.1, 0.15) is 17.9 Å². The van der Waals surface area contributed by atoms with Crippen molar-refractivity contribution < 1.29 is 13.2 Å². The van der Waals surface area contributed by atoms with E-state index in [0.29, 0.717) is 11.9 Å². The average Bonchev–Trinajstić information content (AvgIpc) is 2.87. The van der Waals surface area contributed by atoms with Crippen LogP contribution < -0.4 is 5.32 Å². The molecule has 0 bridgehead atoms. The maximum atomic E-state index is 14.1. The minimum atomic E-state index is -0.506. The second-order valence-electron chi connectivity index (χ2n) is 4.11. The summed E-state index contributed by atoms with van der Waals surface area (Å²) in [7, 11) is 0. The van der Waals surface area contributed by atoms with Gasteiger partial charge in [0, 0.05) is 24.1 Å². The Balaban J connectivity index is 2.21. The first-order valence-electron chi connectivity index (χ1n) is 5.33. The van der Waals surface area contributed by atoms with Gasteiger partial charge in [0.05, 0.1) is 11.6 Å².